The number of alkyl halides is 3. The highest BCUT2D eigenvalue weighted by atomic mass is 19.4. The van der Waals surface area contributed by atoms with Gasteiger partial charge in [-0.2, -0.15) is 18.3 Å². The molecule has 0 fully saturated rings. The van der Waals surface area contributed by atoms with Gasteiger partial charge in [0.05, 0.1) is 17.3 Å². The monoisotopic (exact) mass is 503 g/mol. The number of aryl methyl sites for hydroxylation is 1. The molecule has 0 unspecified atom stereocenters. The Morgan fingerprint density at radius 1 is 1.11 bits per heavy atom. The summed E-state index contributed by atoms with van der Waals surface area (Å²) in [6.07, 6.45) is -2.94. The van der Waals surface area contributed by atoms with Crippen molar-refractivity contribution in [3.05, 3.63) is 71.7 Å². The van der Waals surface area contributed by atoms with Crippen molar-refractivity contribution < 1.29 is 27.9 Å². The summed E-state index contributed by atoms with van der Waals surface area (Å²) < 4.78 is 42.4. The zero-order valence-electron chi connectivity index (χ0n) is 20.4. The molecular weight excluding hydrogens is 475 g/mol. The van der Waals surface area contributed by atoms with Crippen LogP contribution in [0.2, 0.25) is 0 Å². The van der Waals surface area contributed by atoms with Crippen LogP contribution in [0.1, 0.15) is 42.4 Å². The smallest absolute Gasteiger partial charge is 0.416 e. The maximum atomic E-state index is 13.6. The normalized spacial score (nSPS) is 12.8. The lowest BCUT2D eigenvalue weighted by molar-refractivity contribution is -0.138. The van der Waals surface area contributed by atoms with Gasteiger partial charge in [0, 0.05) is 37.1 Å². The first-order chi connectivity index (χ1) is 16.8. The van der Waals surface area contributed by atoms with Crippen molar-refractivity contribution in [2.75, 3.05) is 6.54 Å². The molecule has 0 aliphatic rings. The van der Waals surface area contributed by atoms with Crippen LogP contribution in [0.5, 0.6) is 0 Å². The van der Waals surface area contributed by atoms with E-state index in [0.717, 1.165) is 22.2 Å². The predicted octanol–water partition coefficient (Wildman–Crippen LogP) is 4.62. The largest absolute Gasteiger partial charge is 0.465 e. The van der Waals surface area contributed by atoms with Crippen LogP contribution in [0.4, 0.5) is 18.0 Å². The van der Waals surface area contributed by atoms with E-state index in [1.165, 1.54) is 30.5 Å². The summed E-state index contributed by atoms with van der Waals surface area (Å²) in [5, 5.41) is 16.5. The van der Waals surface area contributed by atoms with E-state index in [1.807, 2.05) is 0 Å². The molecule has 3 aromatic rings. The fourth-order valence-electron chi connectivity index (χ4n) is 3.86. The van der Waals surface area contributed by atoms with Crippen LogP contribution < -0.4 is 5.32 Å². The highest BCUT2D eigenvalue weighted by Crippen LogP contribution is 2.32. The molecule has 0 spiro atoms. The number of halogens is 3. The fraction of sp³-hybridized carbons (Fsp3) is 0.360. The zero-order valence-corrected chi connectivity index (χ0v) is 20.4. The predicted molar refractivity (Wildman–Crippen MR) is 127 cm³/mol. The Bertz CT molecular complexity index is 1220. The minimum atomic E-state index is -4.59. The van der Waals surface area contributed by atoms with Crippen LogP contribution in [0.15, 0.2) is 54.9 Å². The average Bonchev–Trinajstić information content (AvgIpc) is 3.21. The van der Waals surface area contributed by atoms with Crippen molar-refractivity contribution in [3.63, 3.8) is 0 Å². The number of pyridine rings is 1. The third-order valence-corrected chi connectivity index (χ3v) is 5.68. The van der Waals surface area contributed by atoms with E-state index in [4.69, 9.17) is 0 Å². The van der Waals surface area contributed by atoms with Gasteiger partial charge in [-0.05, 0) is 57.0 Å². The first kappa shape index (κ1) is 26.7. The molecule has 8 nitrogen and oxygen atoms in total. The molecule has 2 N–H and O–H groups in total. The lowest BCUT2D eigenvalue weighted by Gasteiger charge is -2.36. The second kappa shape index (κ2) is 10.4. The molecule has 0 bridgehead atoms. The quantitative estimate of drug-likeness (QED) is 0.490. The number of nitrogens with zero attached hydrogens (tertiary/aromatic N) is 4. The first-order valence-electron chi connectivity index (χ1n) is 11.2. The maximum Gasteiger partial charge on any atom is 0.416 e. The lowest BCUT2D eigenvalue weighted by atomic mass is 9.97. The molecular formula is C25H28F3N5O3. The van der Waals surface area contributed by atoms with Crippen LogP contribution in [-0.4, -0.2) is 54.9 Å². The number of hydrogen-bond donors (Lipinski definition) is 2. The van der Waals surface area contributed by atoms with Gasteiger partial charge < -0.3 is 15.3 Å². The Morgan fingerprint density at radius 3 is 2.33 bits per heavy atom. The van der Waals surface area contributed by atoms with Gasteiger partial charge in [0.1, 0.15) is 5.69 Å². The van der Waals surface area contributed by atoms with Crippen LogP contribution in [0.3, 0.4) is 0 Å². The molecule has 11 heteroatoms. The molecule has 3 rings (SSSR count). The molecule has 0 radical (unpaired) electrons. The van der Waals surface area contributed by atoms with E-state index in [1.54, 1.807) is 50.8 Å². The van der Waals surface area contributed by atoms with Crippen LogP contribution in [0, 0.1) is 0 Å². The van der Waals surface area contributed by atoms with E-state index < -0.39 is 35.3 Å². The molecule has 0 aliphatic heterocycles. The van der Waals surface area contributed by atoms with E-state index >= 15 is 0 Å². The highest BCUT2D eigenvalue weighted by Gasteiger charge is 2.35. The highest BCUT2D eigenvalue weighted by molar-refractivity contribution is 5.92. The summed E-state index contributed by atoms with van der Waals surface area (Å²) in [4.78, 5) is 30.2. The molecule has 2 aromatic heterocycles. The fourth-order valence-corrected chi connectivity index (χ4v) is 3.86. The number of carboxylic acid groups (broad SMARTS) is 1. The molecule has 1 atom stereocenters. The Labute approximate surface area is 206 Å². The van der Waals surface area contributed by atoms with E-state index in [2.05, 4.69) is 15.4 Å². The van der Waals surface area contributed by atoms with E-state index in [-0.39, 0.29) is 24.2 Å². The SMILES string of the molecule is Cn1nccc1-c1ccc(C(=O)N[C@@H](Cc2ccccc2C(F)(F)F)CN(C(=O)O)C(C)(C)C)nc1. The van der Waals surface area contributed by atoms with Crippen molar-refractivity contribution >= 4 is 12.0 Å². The number of carbonyl (C=O) groups excluding carboxylic acids is 1. The van der Waals surface area contributed by atoms with Gasteiger partial charge in [-0.25, -0.2) is 4.79 Å². The average molecular weight is 504 g/mol. The number of hydrogen-bond acceptors (Lipinski definition) is 4. The summed E-state index contributed by atoms with van der Waals surface area (Å²) in [5.74, 6) is -0.625. The van der Waals surface area contributed by atoms with Gasteiger partial charge >= 0.3 is 12.3 Å². The van der Waals surface area contributed by atoms with Crippen molar-refractivity contribution in [1.29, 1.82) is 0 Å². The number of aromatic nitrogens is 3. The minimum absolute atomic E-state index is 0.0472. The van der Waals surface area contributed by atoms with Gasteiger partial charge in [-0.1, -0.05) is 18.2 Å². The van der Waals surface area contributed by atoms with E-state index in [9.17, 15) is 27.9 Å². The number of rotatable bonds is 7. The summed E-state index contributed by atoms with van der Waals surface area (Å²) in [6.45, 7) is 4.79. The summed E-state index contributed by atoms with van der Waals surface area (Å²) in [6, 6.07) is 9.07. The first-order valence-corrected chi connectivity index (χ1v) is 11.2. The van der Waals surface area contributed by atoms with Crippen molar-refractivity contribution in [3.8, 4) is 11.3 Å². The number of amides is 2. The summed E-state index contributed by atoms with van der Waals surface area (Å²) >= 11 is 0. The molecule has 2 amide bonds. The van der Waals surface area contributed by atoms with Crippen LogP contribution in [-0.2, 0) is 19.6 Å². The summed E-state index contributed by atoms with van der Waals surface area (Å²) in [5.41, 5.74) is -0.158. The van der Waals surface area contributed by atoms with Crippen LogP contribution >= 0.6 is 0 Å². The standard InChI is InChI=1S/C25H28F3N5O3/c1-24(2,3)33(23(35)36)15-18(13-16-7-5-6-8-19(16)25(26,27)28)31-22(34)20-10-9-17(14-29-20)21-11-12-30-32(21)4/h5-12,14,18H,13,15H2,1-4H3,(H,31,34)(H,35,36)/t18-/m0/s1. The third-order valence-electron chi connectivity index (χ3n) is 5.68. The van der Waals surface area contributed by atoms with Gasteiger partial charge in [0.15, 0.2) is 0 Å². The number of nitrogens with one attached hydrogen (secondary N) is 1. The molecule has 192 valence electrons. The molecule has 0 saturated carbocycles. The minimum Gasteiger partial charge on any atom is -0.465 e. The number of benzene rings is 1. The molecule has 1 aromatic carbocycles. The Hall–Kier alpha value is -3.89. The Kier molecular flexibility index (Phi) is 7.71. The summed E-state index contributed by atoms with van der Waals surface area (Å²) in [7, 11) is 1.77. The molecule has 0 saturated heterocycles. The topological polar surface area (TPSA) is 100 Å². The molecule has 0 aliphatic carbocycles. The van der Waals surface area contributed by atoms with Crippen molar-refractivity contribution in [2.24, 2.45) is 7.05 Å². The van der Waals surface area contributed by atoms with Crippen molar-refractivity contribution in [2.45, 2.75) is 44.9 Å². The third kappa shape index (κ3) is 6.41. The Balaban J connectivity index is 1.89. The molecule has 36 heavy (non-hydrogen) atoms. The van der Waals surface area contributed by atoms with Gasteiger partial charge in [-0.3, -0.25) is 14.5 Å². The van der Waals surface area contributed by atoms with E-state index in [0.29, 0.717) is 0 Å². The lowest BCUT2D eigenvalue weighted by Crippen LogP contribution is -2.53. The van der Waals surface area contributed by atoms with Gasteiger partial charge in [0.25, 0.3) is 5.91 Å². The second-order valence-corrected chi connectivity index (χ2v) is 9.37. The Morgan fingerprint density at radius 2 is 1.81 bits per heavy atom. The van der Waals surface area contributed by atoms with Crippen LogP contribution in [0.25, 0.3) is 11.3 Å². The number of carbonyl (C=O) groups is 2. The zero-order chi connectivity index (χ0) is 26.7. The second-order valence-electron chi connectivity index (χ2n) is 9.37. The van der Waals surface area contributed by atoms with Gasteiger partial charge in [0.2, 0.25) is 0 Å². The van der Waals surface area contributed by atoms with Gasteiger partial charge in [-0.15, -0.1) is 0 Å². The maximum absolute atomic E-state index is 13.6. The molecule has 2 heterocycles. The van der Waals surface area contributed by atoms with Crippen molar-refractivity contribution in [1.82, 2.24) is 25.0 Å².